The van der Waals surface area contributed by atoms with E-state index < -0.39 is 29.5 Å². The van der Waals surface area contributed by atoms with Crippen LogP contribution < -0.4 is 35.9 Å². The van der Waals surface area contributed by atoms with Crippen molar-refractivity contribution >= 4 is 33.6 Å². The third-order valence-corrected chi connectivity index (χ3v) is 21.8. The van der Waals surface area contributed by atoms with E-state index in [1.807, 2.05) is 27.7 Å². The molecule has 6 bridgehead atoms. The normalized spacial score (nSPS) is 30.3. The van der Waals surface area contributed by atoms with Crippen LogP contribution in [0.1, 0.15) is 134 Å². The van der Waals surface area contributed by atoms with Gasteiger partial charge in [-0.2, -0.15) is 0 Å². The number of nitrogens with two attached hydrogens (primary N) is 1. The van der Waals surface area contributed by atoms with E-state index in [4.69, 9.17) is 29.4 Å². The highest BCUT2D eigenvalue weighted by Crippen LogP contribution is 2.64. The summed E-state index contributed by atoms with van der Waals surface area (Å²) in [6, 6.07) is 19.0. The average molecular weight is 1140 g/mol. The number of benzene rings is 4. The predicted molar refractivity (Wildman–Crippen MR) is 325 cm³/mol. The summed E-state index contributed by atoms with van der Waals surface area (Å²) in [5, 5.41) is 36.3. The molecule has 4 aromatic rings. The molecule has 12 atom stereocenters. The fraction of sp³-hybridized carbons (Fsp3) is 0.485. The lowest BCUT2D eigenvalue weighted by Crippen LogP contribution is -2.49. The molecule has 13 rings (SSSR count). The number of methoxy groups -OCH3 is 2. The van der Waals surface area contributed by atoms with E-state index in [1.54, 1.807) is 20.3 Å². The third-order valence-electron chi connectivity index (χ3n) is 19.3. The molecule has 14 heteroatoms. The fourth-order valence-electron chi connectivity index (χ4n) is 15.5. The van der Waals surface area contributed by atoms with Crippen molar-refractivity contribution in [2.24, 2.45) is 29.4 Å². The van der Waals surface area contributed by atoms with Gasteiger partial charge in [0.15, 0.2) is 11.5 Å². The molecule has 3 fully saturated rings. The summed E-state index contributed by atoms with van der Waals surface area (Å²) in [4.78, 5) is 13.2. The molecule has 428 valence electrons. The number of phenols is 2. The minimum Gasteiger partial charge on any atom is -0.508 e. The number of esters is 1. The van der Waals surface area contributed by atoms with Crippen LogP contribution in [0.25, 0.3) is 17.2 Å². The van der Waals surface area contributed by atoms with Gasteiger partial charge in [-0.05, 0) is 140 Å². The topological polar surface area (TPSA) is 166 Å². The molecule has 1 saturated heterocycles. The lowest BCUT2D eigenvalue weighted by atomic mass is 9.64. The van der Waals surface area contributed by atoms with Crippen LogP contribution in [0, 0.1) is 47.4 Å². The number of fused-ring (bicyclic) bond motifs is 10. The van der Waals surface area contributed by atoms with Gasteiger partial charge in [-0.15, -0.1) is 5.92 Å². The van der Waals surface area contributed by atoms with E-state index in [0.717, 1.165) is 113 Å². The largest absolute Gasteiger partial charge is 0.508 e. The Hall–Kier alpha value is -5.97. The van der Waals surface area contributed by atoms with E-state index in [2.05, 4.69) is 106 Å². The highest BCUT2D eigenvalue weighted by molar-refractivity contribution is 8.76. The number of phenolic OH excluding ortho intramolecular Hbond substituents is 2. The number of aryl methyl sites for hydroxylation is 1. The van der Waals surface area contributed by atoms with Crippen molar-refractivity contribution in [1.29, 1.82) is 0 Å². The van der Waals surface area contributed by atoms with Gasteiger partial charge >= 0.3 is 5.97 Å². The molecule has 6 aliphatic heterocycles. The summed E-state index contributed by atoms with van der Waals surface area (Å²) in [6.45, 7) is 3.03. The predicted octanol–water partition coefficient (Wildman–Crippen LogP) is 11.0. The molecule has 0 radical (unpaired) electrons. The molecular weight excluding hydrogens is 1060 g/mol. The Kier molecular flexibility index (Phi) is 15.9. The smallest absolute Gasteiger partial charge is 0.302 e. The first kappa shape index (κ1) is 55.2. The van der Waals surface area contributed by atoms with Gasteiger partial charge in [0.1, 0.15) is 42.0 Å². The molecule has 9 aliphatic rings. The molecule has 12 nitrogen and oxygen atoms in total. The molecule has 7 N–H and O–H groups in total. The van der Waals surface area contributed by atoms with Crippen molar-refractivity contribution < 1.29 is 38.7 Å². The number of dihydropyridines is 1. The van der Waals surface area contributed by atoms with Gasteiger partial charge in [0.2, 0.25) is 0 Å². The number of hydrogen-bond donors (Lipinski definition) is 6. The van der Waals surface area contributed by atoms with E-state index in [0.29, 0.717) is 72.9 Å². The number of carbonyl (C=O) groups is 1. The van der Waals surface area contributed by atoms with Crippen LogP contribution in [0.15, 0.2) is 84.1 Å². The number of nitrogens with one attached hydrogen (secondary N) is 3. The molecule has 4 aromatic carbocycles. The Labute approximate surface area is 490 Å². The number of hydrogen-bond acceptors (Lipinski definition) is 14. The number of carbonyl (C=O) groups excluding carboxylic acids is 1. The van der Waals surface area contributed by atoms with Crippen LogP contribution in [0.2, 0.25) is 0 Å². The zero-order valence-electron chi connectivity index (χ0n) is 47.3. The number of allylic oxidation sites excluding steroid dienone is 3. The Morgan fingerprint density at radius 2 is 1.82 bits per heavy atom. The van der Waals surface area contributed by atoms with Gasteiger partial charge in [0.25, 0.3) is 0 Å². The Morgan fingerprint density at radius 3 is 2.67 bits per heavy atom. The summed E-state index contributed by atoms with van der Waals surface area (Å²) in [5.41, 5.74) is 17.6. The van der Waals surface area contributed by atoms with Crippen molar-refractivity contribution in [2.45, 2.75) is 138 Å². The minimum absolute atomic E-state index is 0.0403. The maximum Gasteiger partial charge on any atom is 0.302 e. The van der Waals surface area contributed by atoms with Crippen molar-refractivity contribution in [2.75, 3.05) is 45.5 Å². The second-order valence-electron chi connectivity index (χ2n) is 24.4. The van der Waals surface area contributed by atoms with Crippen LogP contribution >= 0.6 is 21.6 Å². The van der Waals surface area contributed by atoms with Crippen molar-refractivity contribution in [1.82, 2.24) is 16.0 Å². The van der Waals surface area contributed by atoms with Gasteiger partial charge in [-0.1, -0.05) is 101 Å². The minimum atomic E-state index is -0.760. The molecule has 3 aliphatic carbocycles. The maximum absolute atomic E-state index is 13.4. The Morgan fingerprint density at radius 1 is 0.939 bits per heavy atom. The average Bonchev–Trinajstić information content (AvgIpc) is 3.27. The number of rotatable bonds is 8. The summed E-state index contributed by atoms with van der Waals surface area (Å²) < 4.78 is 33.6. The zero-order chi connectivity index (χ0) is 56.1. The number of ether oxygens (including phenoxy) is 5. The molecule has 6 heterocycles. The quantitative estimate of drug-likeness (QED) is 0.0561. The van der Waals surface area contributed by atoms with Gasteiger partial charge < -0.3 is 55.6 Å². The first-order valence-corrected chi connectivity index (χ1v) is 32.4. The van der Waals surface area contributed by atoms with Crippen LogP contribution in [0.5, 0.6) is 28.7 Å². The van der Waals surface area contributed by atoms with E-state index in [9.17, 15) is 15.0 Å². The number of aromatic hydroxyl groups is 2. The first-order chi connectivity index (χ1) is 40.1. The highest BCUT2D eigenvalue weighted by atomic mass is 33.1. The third kappa shape index (κ3) is 10.6. The summed E-state index contributed by atoms with van der Waals surface area (Å²) in [6.07, 6.45) is 18.3. The lowest BCUT2D eigenvalue weighted by molar-refractivity contribution is -0.141. The lowest BCUT2D eigenvalue weighted by Gasteiger charge is -2.40. The molecule has 0 amide bonds. The van der Waals surface area contributed by atoms with E-state index >= 15 is 0 Å². The monoisotopic (exact) mass is 1140 g/mol. The van der Waals surface area contributed by atoms with Crippen LogP contribution in [0.4, 0.5) is 0 Å². The molecule has 2 saturated carbocycles. The maximum atomic E-state index is 13.4. The summed E-state index contributed by atoms with van der Waals surface area (Å²) >= 11 is 0. The molecule has 82 heavy (non-hydrogen) atoms. The summed E-state index contributed by atoms with van der Waals surface area (Å²) in [7, 11) is 7.21. The standard InChI is InChI=1S/C68H76N4O8S2/c1-39(73)78-36-54-50-18-19-51-60-45(30-47(74)31-57(60)77-3)33-68-27-25-44(32-68)48(17-15-40-9-5-4-6-10-40)49-21-24-59(69)72-55(49)22-16-43-13-7-11-41(35-76-2)26-28-70-34-53-61(43)62(65(54)80-66(50)63(51)68)52-20-23-56-58(79-67(52)64(53)75)38-82-81-37-42-12-8-14-46(29-42)71-56/h4-6,9-10,18-21,23-24,30-31,41-44,46,48,54,56,58-59,65,70-72,74-75H,8,11-12,14-15,17,25-29,32-38,69H2,1-3H3. The highest BCUT2D eigenvalue weighted by Gasteiger charge is 2.53. The van der Waals surface area contributed by atoms with Gasteiger partial charge in [0.05, 0.1) is 30.9 Å². The Balaban J connectivity index is 1.10. The summed E-state index contributed by atoms with van der Waals surface area (Å²) in [5.74, 6) is 18.3. The van der Waals surface area contributed by atoms with Crippen LogP contribution in [-0.4, -0.2) is 86.0 Å². The van der Waals surface area contributed by atoms with Gasteiger partial charge in [-0.3, -0.25) is 4.79 Å². The van der Waals surface area contributed by atoms with Crippen molar-refractivity contribution in [3.63, 3.8) is 0 Å². The van der Waals surface area contributed by atoms with E-state index in [1.165, 1.54) is 25.3 Å². The van der Waals surface area contributed by atoms with Crippen LogP contribution in [-0.2, 0) is 39.1 Å². The molecule has 12 unspecified atom stereocenters. The van der Waals surface area contributed by atoms with E-state index in [-0.39, 0.29) is 54.0 Å². The second kappa shape index (κ2) is 23.6. The SMILES string of the molecule is COCC1CC#CC2C#CC3=C(C=CC(N)N3)C(CCc3ccccc3)C3CCC4(Cc5cc(O)cc(OC)c5-c5ccc6c(c54)OC(c4c5c(c(O)c(c42)CNCC1)OC1CSSCC2CCCC(C2)NC1C=C5)C6COC(C)=O)C3. The fourth-order valence-corrected chi connectivity index (χ4v) is 18.2. The molecule has 0 aromatic heterocycles. The molecular formula is C68H76N4O8S2. The second-order valence-corrected chi connectivity index (χ2v) is 27.0. The van der Waals surface area contributed by atoms with Gasteiger partial charge in [-0.25, -0.2) is 0 Å². The van der Waals surface area contributed by atoms with Gasteiger partial charge in [0, 0.05) is 96.0 Å². The van der Waals surface area contributed by atoms with Crippen molar-refractivity contribution in [3.05, 3.63) is 129 Å². The first-order valence-electron chi connectivity index (χ1n) is 29.9. The Bertz CT molecular complexity index is 3360. The van der Waals surface area contributed by atoms with Crippen molar-refractivity contribution in [3.8, 4) is 63.6 Å². The molecule has 1 spiro atoms. The van der Waals surface area contributed by atoms with Crippen LogP contribution in [0.3, 0.4) is 0 Å². The zero-order valence-corrected chi connectivity index (χ0v) is 49.0.